The highest BCUT2D eigenvalue weighted by atomic mass is 16.5. The molecule has 5 heteroatoms. The molecule has 0 amide bonds. The molecule has 0 saturated carbocycles. The first-order valence-electron chi connectivity index (χ1n) is 8.03. The summed E-state index contributed by atoms with van der Waals surface area (Å²) < 4.78 is 5.63. The first-order chi connectivity index (χ1) is 11.4. The van der Waals surface area contributed by atoms with Crippen LogP contribution in [0, 0.1) is 17.2 Å². The number of nitrogens with zero attached hydrogens (tertiary/aromatic N) is 2. The highest BCUT2D eigenvalue weighted by molar-refractivity contribution is 5.99. The number of hydrogen-bond acceptors (Lipinski definition) is 5. The molecule has 0 aromatic heterocycles. The molecule has 1 aliphatic carbocycles. The molecule has 0 bridgehead atoms. The third kappa shape index (κ3) is 2.65. The highest BCUT2D eigenvalue weighted by Gasteiger charge is 2.39. The number of anilines is 1. The summed E-state index contributed by atoms with van der Waals surface area (Å²) in [6.45, 7) is 2.02. The minimum absolute atomic E-state index is 0.0469. The van der Waals surface area contributed by atoms with E-state index in [1.54, 1.807) is 0 Å². The van der Waals surface area contributed by atoms with E-state index in [9.17, 15) is 10.1 Å². The van der Waals surface area contributed by atoms with E-state index in [-0.39, 0.29) is 17.6 Å². The zero-order valence-corrected chi connectivity index (χ0v) is 14.2. The van der Waals surface area contributed by atoms with E-state index >= 15 is 0 Å². The second-order valence-corrected chi connectivity index (χ2v) is 6.68. The standard InChI is InChI=1S/C19H21N3O2/c1-11-8-15(23)18-16(9-11)24-19(21)14(10-20)17(18)12-4-6-13(7-5-12)22(2)3/h4-7,11,17H,8-9,21H2,1-3H3/t11-,17-/m1/s1. The Bertz CT molecular complexity index is 782. The predicted octanol–water partition coefficient (Wildman–Crippen LogP) is 2.81. The van der Waals surface area contributed by atoms with Gasteiger partial charge in [0, 0.05) is 38.2 Å². The lowest BCUT2D eigenvalue weighted by molar-refractivity contribution is -0.117. The van der Waals surface area contributed by atoms with Crippen molar-refractivity contribution >= 4 is 11.5 Å². The van der Waals surface area contributed by atoms with Crippen molar-refractivity contribution in [2.45, 2.75) is 25.7 Å². The number of benzene rings is 1. The first kappa shape index (κ1) is 16.1. The van der Waals surface area contributed by atoms with Crippen LogP contribution in [0.5, 0.6) is 0 Å². The molecule has 0 fully saturated rings. The van der Waals surface area contributed by atoms with E-state index in [1.807, 2.05) is 50.2 Å². The third-order valence-electron chi connectivity index (χ3n) is 4.61. The molecule has 0 radical (unpaired) electrons. The van der Waals surface area contributed by atoms with Crippen LogP contribution in [0.2, 0.25) is 0 Å². The van der Waals surface area contributed by atoms with Crippen molar-refractivity contribution in [1.82, 2.24) is 0 Å². The fourth-order valence-electron chi connectivity index (χ4n) is 3.39. The Kier molecular flexibility index (Phi) is 4.06. The lowest BCUT2D eigenvalue weighted by Crippen LogP contribution is -2.29. The molecule has 1 aromatic carbocycles. The van der Waals surface area contributed by atoms with Crippen LogP contribution < -0.4 is 10.6 Å². The monoisotopic (exact) mass is 323 g/mol. The molecule has 2 aliphatic rings. The Morgan fingerprint density at radius 2 is 1.92 bits per heavy atom. The minimum Gasteiger partial charge on any atom is -0.444 e. The van der Waals surface area contributed by atoms with Gasteiger partial charge in [-0.1, -0.05) is 19.1 Å². The molecule has 24 heavy (non-hydrogen) atoms. The Labute approximate surface area is 142 Å². The van der Waals surface area contributed by atoms with Crippen molar-refractivity contribution < 1.29 is 9.53 Å². The average molecular weight is 323 g/mol. The van der Waals surface area contributed by atoms with E-state index in [0.717, 1.165) is 11.3 Å². The van der Waals surface area contributed by atoms with E-state index in [0.29, 0.717) is 29.7 Å². The van der Waals surface area contributed by atoms with Gasteiger partial charge in [0.15, 0.2) is 5.78 Å². The molecular formula is C19H21N3O2. The van der Waals surface area contributed by atoms with Crippen molar-refractivity contribution in [3.8, 4) is 6.07 Å². The lowest BCUT2D eigenvalue weighted by Gasteiger charge is -2.33. The summed E-state index contributed by atoms with van der Waals surface area (Å²) in [5.74, 6) is 0.571. The van der Waals surface area contributed by atoms with Gasteiger partial charge in [0.05, 0.1) is 5.92 Å². The van der Waals surface area contributed by atoms with Crippen LogP contribution in [-0.4, -0.2) is 19.9 Å². The normalized spacial score (nSPS) is 23.5. The number of rotatable bonds is 2. The van der Waals surface area contributed by atoms with Crippen LogP contribution in [0.4, 0.5) is 5.69 Å². The van der Waals surface area contributed by atoms with Crippen molar-refractivity contribution in [2.24, 2.45) is 11.7 Å². The molecule has 1 heterocycles. The highest BCUT2D eigenvalue weighted by Crippen LogP contribution is 2.44. The zero-order chi connectivity index (χ0) is 17.4. The predicted molar refractivity (Wildman–Crippen MR) is 91.9 cm³/mol. The first-order valence-corrected chi connectivity index (χ1v) is 8.03. The fraction of sp³-hybridized carbons (Fsp3) is 0.368. The van der Waals surface area contributed by atoms with Gasteiger partial charge < -0.3 is 15.4 Å². The maximum atomic E-state index is 12.6. The summed E-state index contributed by atoms with van der Waals surface area (Å²) in [7, 11) is 3.93. The molecule has 0 saturated heterocycles. The van der Waals surface area contributed by atoms with Gasteiger partial charge in [-0.15, -0.1) is 0 Å². The summed E-state index contributed by atoms with van der Waals surface area (Å²) in [5, 5.41) is 9.55. The number of nitrogens with two attached hydrogens (primary N) is 1. The summed E-state index contributed by atoms with van der Waals surface area (Å²) in [5.41, 5.74) is 8.82. The number of ether oxygens (including phenoxy) is 1. The number of ketones is 1. The van der Waals surface area contributed by atoms with Gasteiger partial charge in [0.2, 0.25) is 5.88 Å². The van der Waals surface area contributed by atoms with Crippen molar-refractivity contribution in [3.05, 3.63) is 52.6 Å². The largest absolute Gasteiger partial charge is 0.444 e. The van der Waals surface area contributed by atoms with Gasteiger partial charge >= 0.3 is 0 Å². The Hall–Kier alpha value is -2.74. The Morgan fingerprint density at radius 1 is 1.25 bits per heavy atom. The fourth-order valence-corrected chi connectivity index (χ4v) is 3.39. The van der Waals surface area contributed by atoms with Crippen molar-refractivity contribution in [1.29, 1.82) is 5.26 Å². The number of carbonyl (C=O) groups is 1. The van der Waals surface area contributed by atoms with E-state index in [4.69, 9.17) is 10.5 Å². The lowest BCUT2D eigenvalue weighted by atomic mass is 9.75. The van der Waals surface area contributed by atoms with Gasteiger partial charge in [-0.25, -0.2) is 0 Å². The number of carbonyl (C=O) groups excluding carboxylic acids is 1. The summed E-state index contributed by atoms with van der Waals surface area (Å²) in [6.07, 6.45) is 1.15. The number of allylic oxidation sites excluding steroid dienone is 3. The van der Waals surface area contributed by atoms with Crippen molar-refractivity contribution in [2.75, 3.05) is 19.0 Å². The van der Waals surface area contributed by atoms with E-state index < -0.39 is 5.92 Å². The van der Waals surface area contributed by atoms with Gasteiger partial charge in [0.1, 0.15) is 17.4 Å². The van der Waals surface area contributed by atoms with Crippen LogP contribution in [-0.2, 0) is 9.53 Å². The summed E-state index contributed by atoms with van der Waals surface area (Å²) in [6, 6.07) is 9.99. The SMILES string of the molecule is C[C@@H]1CC(=O)C2=C(C1)OC(N)=C(C#N)[C@H]2c1ccc(N(C)C)cc1. The molecule has 1 aliphatic heterocycles. The van der Waals surface area contributed by atoms with E-state index in [1.165, 1.54) is 0 Å². The van der Waals surface area contributed by atoms with Crippen LogP contribution >= 0.6 is 0 Å². The van der Waals surface area contributed by atoms with Gasteiger partial charge in [-0.2, -0.15) is 5.26 Å². The smallest absolute Gasteiger partial charge is 0.205 e. The van der Waals surface area contributed by atoms with Crippen LogP contribution in [0.1, 0.15) is 31.2 Å². The van der Waals surface area contributed by atoms with Crippen LogP contribution in [0.25, 0.3) is 0 Å². The summed E-state index contributed by atoms with van der Waals surface area (Å²) in [4.78, 5) is 14.6. The Morgan fingerprint density at radius 3 is 2.50 bits per heavy atom. The third-order valence-corrected chi connectivity index (χ3v) is 4.61. The maximum Gasteiger partial charge on any atom is 0.205 e. The molecule has 3 rings (SSSR count). The van der Waals surface area contributed by atoms with Crippen molar-refractivity contribution in [3.63, 3.8) is 0 Å². The van der Waals surface area contributed by atoms with E-state index in [2.05, 4.69) is 6.07 Å². The molecule has 2 atom stereocenters. The Balaban J connectivity index is 2.11. The number of nitriles is 1. The molecular weight excluding hydrogens is 302 g/mol. The van der Waals surface area contributed by atoms with Gasteiger partial charge in [-0.05, 0) is 23.6 Å². The zero-order valence-electron chi connectivity index (χ0n) is 14.2. The topological polar surface area (TPSA) is 79.3 Å². The number of Topliss-reactive ketones (excluding diaryl/α,β-unsaturated/α-hetero) is 1. The minimum atomic E-state index is -0.435. The molecule has 0 unspecified atom stereocenters. The summed E-state index contributed by atoms with van der Waals surface area (Å²) >= 11 is 0. The van der Waals surface area contributed by atoms with Crippen LogP contribution in [0.15, 0.2) is 47.1 Å². The molecule has 5 nitrogen and oxygen atoms in total. The molecule has 1 aromatic rings. The van der Waals surface area contributed by atoms with Gasteiger partial charge in [-0.3, -0.25) is 4.79 Å². The molecule has 2 N–H and O–H groups in total. The van der Waals surface area contributed by atoms with Crippen LogP contribution in [0.3, 0.4) is 0 Å². The number of hydrogen-bond donors (Lipinski definition) is 1. The van der Waals surface area contributed by atoms with Gasteiger partial charge in [0.25, 0.3) is 0 Å². The second kappa shape index (κ2) is 6.04. The average Bonchev–Trinajstić information content (AvgIpc) is 2.53. The quantitative estimate of drug-likeness (QED) is 0.905. The maximum absolute atomic E-state index is 12.6. The molecule has 0 spiro atoms. The molecule has 124 valence electrons. The second-order valence-electron chi connectivity index (χ2n) is 6.68.